The molecule has 1 saturated heterocycles. The average Bonchev–Trinajstić information content (AvgIpc) is 2.48. The van der Waals surface area contributed by atoms with Gasteiger partial charge in [-0.3, -0.25) is 9.69 Å². The SMILES string of the molecule is N[C@@H](Cc1cc(C(F)(F)F)ccc1CN1CCNCC1)C(=O)O. The fourth-order valence-corrected chi connectivity index (χ4v) is 2.58. The van der Waals surface area contributed by atoms with Crippen molar-refractivity contribution < 1.29 is 23.1 Å². The van der Waals surface area contributed by atoms with Crippen molar-refractivity contribution >= 4 is 5.97 Å². The molecule has 1 aliphatic rings. The largest absolute Gasteiger partial charge is 0.480 e. The van der Waals surface area contributed by atoms with Crippen LogP contribution in [0, 0.1) is 0 Å². The third-order valence-corrected chi connectivity index (χ3v) is 3.89. The molecule has 0 aliphatic carbocycles. The van der Waals surface area contributed by atoms with E-state index in [2.05, 4.69) is 10.2 Å². The lowest BCUT2D eigenvalue weighted by Gasteiger charge is -2.28. The Balaban J connectivity index is 2.25. The zero-order valence-electron chi connectivity index (χ0n) is 12.6. The molecule has 8 heteroatoms. The summed E-state index contributed by atoms with van der Waals surface area (Å²) in [6, 6.07) is 2.25. The van der Waals surface area contributed by atoms with Crippen LogP contribution in [-0.2, 0) is 23.9 Å². The highest BCUT2D eigenvalue weighted by Crippen LogP contribution is 2.31. The minimum atomic E-state index is -4.46. The molecule has 5 nitrogen and oxygen atoms in total. The van der Waals surface area contributed by atoms with Crippen molar-refractivity contribution in [3.8, 4) is 0 Å². The lowest BCUT2D eigenvalue weighted by atomic mass is 9.97. The van der Waals surface area contributed by atoms with E-state index in [4.69, 9.17) is 10.8 Å². The lowest BCUT2D eigenvalue weighted by Crippen LogP contribution is -2.43. The fraction of sp³-hybridized carbons (Fsp3) is 0.533. The number of benzene rings is 1. The first kappa shape index (κ1) is 17.7. The van der Waals surface area contributed by atoms with Gasteiger partial charge in [-0.1, -0.05) is 6.07 Å². The molecule has 128 valence electrons. The topological polar surface area (TPSA) is 78.6 Å². The van der Waals surface area contributed by atoms with Crippen LogP contribution in [0.5, 0.6) is 0 Å². The number of carboxylic acid groups (broad SMARTS) is 1. The number of carboxylic acids is 1. The molecule has 2 rings (SSSR count). The molecule has 1 heterocycles. The maximum Gasteiger partial charge on any atom is 0.416 e. The van der Waals surface area contributed by atoms with Crippen LogP contribution in [0.1, 0.15) is 16.7 Å². The first-order valence-corrected chi connectivity index (χ1v) is 7.38. The minimum Gasteiger partial charge on any atom is -0.480 e. The van der Waals surface area contributed by atoms with Crippen molar-refractivity contribution in [2.45, 2.75) is 25.2 Å². The van der Waals surface area contributed by atoms with Gasteiger partial charge in [0.15, 0.2) is 0 Å². The minimum absolute atomic E-state index is 0.124. The van der Waals surface area contributed by atoms with Gasteiger partial charge in [-0.05, 0) is 29.7 Å². The van der Waals surface area contributed by atoms with Crippen LogP contribution in [0.2, 0.25) is 0 Å². The molecule has 1 aliphatic heterocycles. The molecule has 0 saturated carbocycles. The number of hydrogen-bond donors (Lipinski definition) is 3. The number of piperazine rings is 1. The molecule has 0 unspecified atom stereocenters. The van der Waals surface area contributed by atoms with Crippen molar-refractivity contribution in [1.82, 2.24) is 10.2 Å². The van der Waals surface area contributed by atoms with Gasteiger partial charge < -0.3 is 16.2 Å². The highest BCUT2D eigenvalue weighted by molar-refractivity contribution is 5.73. The number of rotatable bonds is 5. The maximum atomic E-state index is 12.9. The summed E-state index contributed by atoms with van der Waals surface area (Å²) >= 11 is 0. The number of halogens is 3. The Morgan fingerprint density at radius 2 is 1.96 bits per heavy atom. The van der Waals surface area contributed by atoms with Crippen molar-refractivity contribution in [3.63, 3.8) is 0 Å². The van der Waals surface area contributed by atoms with E-state index in [-0.39, 0.29) is 6.42 Å². The molecule has 0 bridgehead atoms. The van der Waals surface area contributed by atoms with Gasteiger partial charge in [-0.25, -0.2) is 0 Å². The highest BCUT2D eigenvalue weighted by atomic mass is 19.4. The first-order valence-electron chi connectivity index (χ1n) is 7.38. The van der Waals surface area contributed by atoms with Gasteiger partial charge >= 0.3 is 12.1 Å². The molecular weight excluding hydrogens is 311 g/mol. The molecule has 4 N–H and O–H groups in total. The average molecular weight is 331 g/mol. The number of nitrogens with zero attached hydrogens (tertiary/aromatic N) is 1. The summed E-state index contributed by atoms with van der Waals surface area (Å²) in [7, 11) is 0. The van der Waals surface area contributed by atoms with Gasteiger partial charge in [0, 0.05) is 32.7 Å². The normalized spacial score (nSPS) is 17.9. The fourth-order valence-electron chi connectivity index (χ4n) is 2.58. The quantitative estimate of drug-likeness (QED) is 0.752. The third-order valence-electron chi connectivity index (χ3n) is 3.89. The number of aliphatic carboxylic acids is 1. The molecule has 0 aromatic heterocycles. The Kier molecular flexibility index (Phi) is 5.61. The molecule has 1 atom stereocenters. The van der Waals surface area contributed by atoms with E-state index in [9.17, 15) is 18.0 Å². The molecule has 0 amide bonds. The number of carbonyl (C=O) groups is 1. The summed E-state index contributed by atoms with van der Waals surface area (Å²) in [6.45, 7) is 3.73. The predicted molar refractivity (Wildman–Crippen MR) is 78.9 cm³/mol. The Morgan fingerprint density at radius 1 is 1.30 bits per heavy atom. The molecule has 0 spiro atoms. The van der Waals surface area contributed by atoms with Crippen molar-refractivity contribution in [2.75, 3.05) is 26.2 Å². The van der Waals surface area contributed by atoms with Crippen molar-refractivity contribution in [2.24, 2.45) is 5.73 Å². The van der Waals surface area contributed by atoms with E-state index in [0.717, 1.165) is 38.3 Å². The van der Waals surface area contributed by atoms with Gasteiger partial charge in [0.1, 0.15) is 6.04 Å². The molecule has 1 aromatic rings. The Bertz CT molecular complexity index is 557. The predicted octanol–water partition coefficient (Wildman–Crippen LogP) is 1.06. The van der Waals surface area contributed by atoms with E-state index in [1.165, 1.54) is 6.07 Å². The van der Waals surface area contributed by atoms with Crippen molar-refractivity contribution in [1.29, 1.82) is 0 Å². The Hall–Kier alpha value is -1.64. The Morgan fingerprint density at radius 3 is 2.52 bits per heavy atom. The van der Waals surface area contributed by atoms with Crippen LogP contribution in [0.3, 0.4) is 0 Å². The van der Waals surface area contributed by atoms with E-state index < -0.39 is 23.8 Å². The summed E-state index contributed by atoms with van der Waals surface area (Å²) in [5.74, 6) is -1.23. The van der Waals surface area contributed by atoms with Crippen LogP contribution < -0.4 is 11.1 Å². The van der Waals surface area contributed by atoms with E-state index >= 15 is 0 Å². The standard InChI is InChI=1S/C15H20F3N3O2/c16-15(17,18)12-2-1-10(9-21-5-3-20-4-6-21)11(7-12)8-13(19)14(22)23/h1-2,7,13,20H,3-6,8-9,19H2,(H,22,23)/t13-/m0/s1. The van der Waals surface area contributed by atoms with Gasteiger partial charge in [0.25, 0.3) is 0 Å². The monoisotopic (exact) mass is 331 g/mol. The van der Waals surface area contributed by atoms with Crippen molar-refractivity contribution in [3.05, 3.63) is 34.9 Å². The van der Waals surface area contributed by atoms with E-state index in [0.29, 0.717) is 17.7 Å². The molecule has 0 radical (unpaired) electrons. The van der Waals surface area contributed by atoms with E-state index in [1.807, 2.05) is 0 Å². The van der Waals surface area contributed by atoms with Crippen LogP contribution >= 0.6 is 0 Å². The third kappa shape index (κ3) is 4.92. The molecule has 1 aromatic carbocycles. The van der Waals surface area contributed by atoms with Gasteiger partial charge in [-0.2, -0.15) is 13.2 Å². The summed E-state index contributed by atoms with van der Waals surface area (Å²) in [6.07, 6.45) is -4.59. The maximum absolute atomic E-state index is 12.9. The molecule has 1 fully saturated rings. The van der Waals surface area contributed by atoms with Crippen LogP contribution in [-0.4, -0.2) is 48.2 Å². The molecular formula is C15H20F3N3O2. The van der Waals surface area contributed by atoms with Gasteiger partial charge in [-0.15, -0.1) is 0 Å². The van der Waals surface area contributed by atoms with Gasteiger partial charge in [0.2, 0.25) is 0 Å². The van der Waals surface area contributed by atoms with Gasteiger partial charge in [0.05, 0.1) is 5.56 Å². The zero-order chi connectivity index (χ0) is 17.0. The second-order valence-electron chi connectivity index (χ2n) is 5.66. The smallest absolute Gasteiger partial charge is 0.416 e. The highest BCUT2D eigenvalue weighted by Gasteiger charge is 2.31. The summed E-state index contributed by atoms with van der Waals surface area (Å²) in [5.41, 5.74) is 5.75. The summed E-state index contributed by atoms with van der Waals surface area (Å²) < 4.78 is 38.7. The van der Waals surface area contributed by atoms with Crippen LogP contribution in [0.15, 0.2) is 18.2 Å². The van der Waals surface area contributed by atoms with Crippen LogP contribution in [0.25, 0.3) is 0 Å². The lowest BCUT2D eigenvalue weighted by molar-refractivity contribution is -0.138. The number of nitrogens with one attached hydrogen (secondary N) is 1. The Labute approximate surface area is 132 Å². The molecule has 23 heavy (non-hydrogen) atoms. The van der Waals surface area contributed by atoms with E-state index in [1.54, 1.807) is 0 Å². The number of nitrogens with two attached hydrogens (primary N) is 1. The summed E-state index contributed by atoms with van der Waals surface area (Å²) in [4.78, 5) is 13.0. The second kappa shape index (κ2) is 7.29. The van der Waals surface area contributed by atoms with Crippen LogP contribution in [0.4, 0.5) is 13.2 Å². The summed E-state index contributed by atoms with van der Waals surface area (Å²) in [5, 5.41) is 12.1. The first-order chi connectivity index (χ1) is 10.8. The zero-order valence-corrected chi connectivity index (χ0v) is 12.6. The second-order valence-corrected chi connectivity index (χ2v) is 5.66. The number of hydrogen-bond acceptors (Lipinski definition) is 4. The number of alkyl halides is 3.